The fourth-order valence-electron chi connectivity index (χ4n) is 2.14. The molecular formula is C17H21N3O2. The highest BCUT2D eigenvalue weighted by Gasteiger charge is 2.15. The van der Waals surface area contributed by atoms with Gasteiger partial charge in [-0.1, -0.05) is 48.5 Å². The average Bonchev–Trinajstić information content (AvgIpc) is 2.59. The lowest BCUT2D eigenvalue weighted by atomic mass is 10.2. The minimum absolute atomic E-state index is 0.356. The van der Waals surface area contributed by atoms with Gasteiger partial charge in [0.15, 0.2) is 0 Å². The molecule has 0 fully saturated rings. The van der Waals surface area contributed by atoms with E-state index in [9.17, 15) is 4.79 Å². The zero-order chi connectivity index (χ0) is 15.8. The van der Waals surface area contributed by atoms with Crippen LogP contribution in [0.4, 0.5) is 10.5 Å². The van der Waals surface area contributed by atoms with E-state index in [0.29, 0.717) is 19.6 Å². The SMILES string of the molecule is COC(=O)N(CCN(N)c1ccccc1)Cc1ccccc1. The number of carbonyl (C=O) groups excluding carboxylic acids is 1. The van der Waals surface area contributed by atoms with Crippen molar-refractivity contribution in [3.63, 3.8) is 0 Å². The summed E-state index contributed by atoms with van der Waals surface area (Å²) in [5.41, 5.74) is 1.96. The predicted molar refractivity (Wildman–Crippen MR) is 87.2 cm³/mol. The van der Waals surface area contributed by atoms with Crippen LogP contribution in [0, 0.1) is 0 Å². The van der Waals surface area contributed by atoms with Gasteiger partial charge in [0.1, 0.15) is 0 Å². The maximum atomic E-state index is 11.9. The molecule has 0 bridgehead atoms. The molecule has 22 heavy (non-hydrogen) atoms. The van der Waals surface area contributed by atoms with Crippen molar-refractivity contribution in [3.8, 4) is 0 Å². The molecule has 2 N–H and O–H groups in total. The number of nitrogens with zero attached hydrogens (tertiary/aromatic N) is 2. The van der Waals surface area contributed by atoms with Gasteiger partial charge in [0.05, 0.1) is 19.3 Å². The number of hydrazine groups is 1. The molecule has 0 aromatic heterocycles. The summed E-state index contributed by atoms with van der Waals surface area (Å²) in [6.45, 7) is 1.50. The first-order chi connectivity index (χ1) is 10.7. The van der Waals surface area contributed by atoms with Gasteiger partial charge in [0.25, 0.3) is 0 Å². The average molecular weight is 299 g/mol. The molecular weight excluding hydrogens is 278 g/mol. The van der Waals surface area contributed by atoms with Crippen molar-refractivity contribution in [2.45, 2.75) is 6.54 Å². The molecule has 0 unspecified atom stereocenters. The number of rotatable bonds is 6. The topological polar surface area (TPSA) is 58.8 Å². The standard InChI is InChI=1S/C17H21N3O2/c1-22-17(21)19(14-15-8-4-2-5-9-15)12-13-20(18)16-10-6-3-7-11-16/h2-11H,12-14,18H2,1H3. The molecule has 2 rings (SSSR count). The summed E-state index contributed by atoms with van der Waals surface area (Å²) < 4.78 is 4.85. The highest BCUT2D eigenvalue weighted by atomic mass is 16.5. The third kappa shape index (κ3) is 4.49. The number of anilines is 1. The zero-order valence-corrected chi connectivity index (χ0v) is 12.7. The Morgan fingerprint density at radius 2 is 1.59 bits per heavy atom. The van der Waals surface area contributed by atoms with Crippen LogP contribution in [0.3, 0.4) is 0 Å². The number of nitrogens with two attached hydrogens (primary N) is 1. The van der Waals surface area contributed by atoms with Gasteiger partial charge in [-0.2, -0.15) is 0 Å². The molecule has 0 saturated carbocycles. The zero-order valence-electron chi connectivity index (χ0n) is 12.7. The van der Waals surface area contributed by atoms with Gasteiger partial charge in [-0.05, 0) is 17.7 Å². The van der Waals surface area contributed by atoms with Gasteiger partial charge in [-0.25, -0.2) is 10.6 Å². The van der Waals surface area contributed by atoms with Crippen LogP contribution in [0.15, 0.2) is 60.7 Å². The summed E-state index contributed by atoms with van der Waals surface area (Å²) in [4.78, 5) is 13.5. The molecule has 0 spiro atoms. The molecule has 0 aliphatic heterocycles. The number of para-hydroxylation sites is 1. The minimum atomic E-state index is -0.356. The number of carbonyl (C=O) groups is 1. The first kappa shape index (κ1) is 15.9. The Hall–Kier alpha value is -2.53. The third-order valence-electron chi connectivity index (χ3n) is 3.35. The summed E-state index contributed by atoms with van der Waals surface area (Å²) in [6, 6.07) is 19.5. The molecule has 0 aliphatic carbocycles. The van der Waals surface area contributed by atoms with Crippen LogP contribution < -0.4 is 10.9 Å². The van der Waals surface area contributed by atoms with Crippen molar-refractivity contribution in [3.05, 3.63) is 66.2 Å². The van der Waals surface area contributed by atoms with Crippen LogP contribution in [0.1, 0.15) is 5.56 Å². The van der Waals surface area contributed by atoms with E-state index in [1.165, 1.54) is 7.11 Å². The lowest BCUT2D eigenvalue weighted by molar-refractivity contribution is 0.122. The van der Waals surface area contributed by atoms with E-state index in [1.54, 1.807) is 9.91 Å². The molecule has 0 radical (unpaired) electrons. The Kier molecular flexibility index (Phi) is 5.80. The summed E-state index contributed by atoms with van der Waals surface area (Å²) in [5.74, 6) is 6.03. The van der Waals surface area contributed by atoms with E-state index in [4.69, 9.17) is 10.6 Å². The number of amides is 1. The highest BCUT2D eigenvalue weighted by molar-refractivity contribution is 5.67. The second kappa shape index (κ2) is 8.05. The van der Waals surface area contributed by atoms with E-state index in [0.717, 1.165) is 11.3 Å². The molecule has 116 valence electrons. The summed E-state index contributed by atoms with van der Waals surface area (Å²) in [6.07, 6.45) is -0.356. The van der Waals surface area contributed by atoms with Gasteiger partial charge < -0.3 is 14.6 Å². The van der Waals surface area contributed by atoms with E-state index >= 15 is 0 Å². The Balaban J connectivity index is 1.97. The van der Waals surface area contributed by atoms with Crippen molar-refractivity contribution < 1.29 is 9.53 Å². The van der Waals surface area contributed by atoms with E-state index in [1.807, 2.05) is 60.7 Å². The van der Waals surface area contributed by atoms with Crippen molar-refractivity contribution in [2.75, 3.05) is 25.2 Å². The summed E-state index contributed by atoms with van der Waals surface area (Å²) in [5, 5.41) is 1.63. The maximum Gasteiger partial charge on any atom is 0.409 e. The van der Waals surface area contributed by atoms with Gasteiger partial charge >= 0.3 is 6.09 Å². The van der Waals surface area contributed by atoms with Gasteiger partial charge in [0, 0.05) is 13.1 Å². The van der Waals surface area contributed by atoms with Crippen LogP contribution in [0.5, 0.6) is 0 Å². The van der Waals surface area contributed by atoms with Crippen LogP contribution in [0.2, 0.25) is 0 Å². The molecule has 0 heterocycles. The Morgan fingerprint density at radius 1 is 1.00 bits per heavy atom. The number of methoxy groups -OCH3 is 1. The molecule has 2 aromatic rings. The first-order valence-corrected chi connectivity index (χ1v) is 7.15. The van der Waals surface area contributed by atoms with Crippen molar-refractivity contribution in [1.29, 1.82) is 0 Å². The molecule has 5 heteroatoms. The lowest BCUT2D eigenvalue weighted by Gasteiger charge is -2.25. The van der Waals surface area contributed by atoms with Crippen LogP contribution in [-0.4, -0.2) is 31.2 Å². The quantitative estimate of drug-likeness (QED) is 0.658. The fraction of sp³-hybridized carbons (Fsp3) is 0.235. The van der Waals surface area contributed by atoms with Gasteiger partial charge in [0.2, 0.25) is 0 Å². The lowest BCUT2D eigenvalue weighted by Crippen LogP contribution is -2.41. The summed E-state index contributed by atoms with van der Waals surface area (Å²) >= 11 is 0. The van der Waals surface area contributed by atoms with Crippen LogP contribution >= 0.6 is 0 Å². The molecule has 2 aromatic carbocycles. The third-order valence-corrected chi connectivity index (χ3v) is 3.35. The Morgan fingerprint density at radius 3 is 2.18 bits per heavy atom. The minimum Gasteiger partial charge on any atom is -0.453 e. The van der Waals surface area contributed by atoms with Crippen molar-refractivity contribution in [1.82, 2.24) is 4.90 Å². The van der Waals surface area contributed by atoms with E-state index in [2.05, 4.69) is 0 Å². The highest BCUT2D eigenvalue weighted by Crippen LogP contribution is 2.10. The maximum absolute atomic E-state index is 11.9. The first-order valence-electron chi connectivity index (χ1n) is 7.15. The largest absolute Gasteiger partial charge is 0.453 e. The van der Waals surface area contributed by atoms with Crippen molar-refractivity contribution >= 4 is 11.8 Å². The fourth-order valence-corrected chi connectivity index (χ4v) is 2.14. The summed E-state index contributed by atoms with van der Waals surface area (Å²) in [7, 11) is 1.39. The monoisotopic (exact) mass is 299 g/mol. The molecule has 1 amide bonds. The molecule has 0 saturated heterocycles. The van der Waals surface area contributed by atoms with E-state index < -0.39 is 0 Å². The van der Waals surface area contributed by atoms with Crippen LogP contribution in [-0.2, 0) is 11.3 Å². The van der Waals surface area contributed by atoms with Gasteiger partial charge in [-0.3, -0.25) is 0 Å². The van der Waals surface area contributed by atoms with Crippen molar-refractivity contribution in [2.24, 2.45) is 5.84 Å². The van der Waals surface area contributed by atoms with E-state index in [-0.39, 0.29) is 6.09 Å². The number of hydrogen-bond donors (Lipinski definition) is 1. The second-order valence-electron chi connectivity index (χ2n) is 4.91. The second-order valence-corrected chi connectivity index (χ2v) is 4.91. The number of ether oxygens (including phenoxy) is 1. The molecule has 0 aliphatic rings. The number of hydrogen-bond acceptors (Lipinski definition) is 4. The normalized spacial score (nSPS) is 10.1. The molecule has 5 nitrogen and oxygen atoms in total. The Labute approximate surface area is 130 Å². The smallest absolute Gasteiger partial charge is 0.409 e. The Bertz CT molecular complexity index is 575. The van der Waals surface area contributed by atoms with Gasteiger partial charge in [-0.15, -0.1) is 0 Å². The predicted octanol–water partition coefficient (Wildman–Crippen LogP) is 2.64. The number of benzene rings is 2. The van der Waals surface area contributed by atoms with Crippen LogP contribution in [0.25, 0.3) is 0 Å². The molecule has 0 atom stereocenters.